The molecule has 13 nitrogen and oxygen atoms in total. The molecule has 1 saturated heterocycles. The third-order valence-electron chi connectivity index (χ3n) is 10.3. The largest absolute Gasteiger partial charge is 0.468 e. The molecule has 1 unspecified atom stereocenters. The van der Waals surface area contributed by atoms with Crippen molar-refractivity contribution < 1.29 is 38.5 Å². The van der Waals surface area contributed by atoms with Gasteiger partial charge in [0, 0.05) is 33.7 Å². The van der Waals surface area contributed by atoms with E-state index in [4.69, 9.17) is 19.9 Å². The molecule has 1 aromatic carbocycles. The van der Waals surface area contributed by atoms with Gasteiger partial charge in [0.2, 0.25) is 17.7 Å². The number of amides is 3. The maximum Gasteiger partial charge on any atom is 0.323 e. The van der Waals surface area contributed by atoms with Crippen LogP contribution in [-0.4, -0.2) is 122 Å². The smallest absolute Gasteiger partial charge is 0.323 e. The van der Waals surface area contributed by atoms with Crippen LogP contribution in [0.2, 0.25) is 0 Å². The molecule has 3 amide bonds. The van der Waals surface area contributed by atoms with Gasteiger partial charge in [-0.15, -0.1) is 0 Å². The minimum Gasteiger partial charge on any atom is -0.468 e. The Labute approximate surface area is 305 Å². The molecule has 9 atom stereocenters. The number of likely N-dealkylation sites (N-methyl/N-ethyl adjacent to an activating group) is 1. The first-order chi connectivity index (χ1) is 23.9. The van der Waals surface area contributed by atoms with E-state index in [0.717, 1.165) is 18.4 Å². The lowest BCUT2D eigenvalue weighted by atomic mass is 9.89. The van der Waals surface area contributed by atoms with Crippen molar-refractivity contribution in [3.63, 3.8) is 0 Å². The molecular weight excluding hydrogens is 654 g/mol. The summed E-state index contributed by atoms with van der Waals surface area (Å²) in [7, 11) is 6.11. The molecule has 51 heavy (non-hydrogen) atoms. The Kier molecular flexibility index (Phi) is 17.5. The topological polar surface area (TPSA) is 173 Å². The number of rotatable bonds is 20. The van der Waals surface area contributed by atoms with E-state index < -0.39 is 59.9 Å². The number of aliphatic hydroxyl groups excluding tert-OH is 1. The van der Waals surface area contributed by atoms with E-state index in [9.17, 15) is 24.3 Å². The van der Waals surface area contributed by atoms with Crippen molar-refractivity contribution in [2.45, 2.75) is 129 Å². The number of likely N-dealkylation sites (tertiary alicyclic amines) is 1. The molecule has 1 aliphatic rings. The molecule has 1 heterocycles. The molecule has 0 bridgehead atoms. The van der Waals surface area contributed by atoms with Gasteiger partial charge in [-0.2, -0.15) is 0 Å². The van der Waals surface area contributed by atoms with Crippen LogP contribution in [0.15, 0.2) is 30.3 Å². The summed E-state index contributed by atoms with van der Waals surface area (Å²) in [5, 5.41) is 17.2. The van der Waals surface area contributed by atoms with Crippen molar-refractivity contribution in [3.05, 3.63) is 35.9 Å². The maximum absolute atomic E-state index is 14.1. The fourth-order valence-corrected chi connectivity index (χ4v) is 6.98. The van der Waals surface area contributed by atoms with Gasteiger partial charge < -0.3 is 40.2 Å². The fraction of sp³-hybridized carbons (Fsp3) is 0.737. The highest BCUT2D eigenvalue weighted by Crippen LogP contribution is 2.30. The summed E-state index contributed by atoms with van der Waals surface area (Å²) in [6, 6.07) is 7.06. The number of nitrogens with two attached hydrogens (primary N) is 1. The van der Waals surface area contributed by atoms with E-state index in [0.29, 0.717) is 19.4 Å². The molecule has 0 aliphatic carbocycles. The highest BCUT2D eigenvalue weighted by Gasteiger charge is 2.43. The summed E-state index contributed by atoms with van der Waals surface area (Å²) < 4.78 is 16.9. The number of ether oxygens (including phenoxy) is 3. The average molecular weight is 720 g/mol. The zero-order valence-electron chi connectivity index (χ0n) is 32.7. The molecule has 0 saturated carbocycles. The van der Waals surface area contributed by atoms with Gasteiger partial charge in [0.25, 0.3) is 0 Å². The number of aliphatic hydroxyl groups is 1. The van der Waals surface area contributed by atoms with Crippen LogP contribution in [0.25, 0.3) is 0 Å². The predicted molar refractivity (Wildman–Crippen MR) is 196 cm³/mol. The normalized spacial score (nSPS) is 19.7. The summed E-state index contributed by atoms with van der Waals surface area (Å²) in [4.78, 5) is 57.0. The Morgan fingerprint density at radius 1 is 1.06 bits per heavy atom. The van der Waals surface area contributed by atoms with E-state index in [1.165, 1.54) is 7.11 Å². The minimum absolute atomic E-state index is 0.0152. The lowest BCUT2D eigenvalue weighted by Crippen LogP contribution is -2.60. The van der Waals surface area contributed by atoms with Crippen molar-refractivity contribution in [2.75, 3.05) is 34.9 Å². The van der Waals surface area contributed by atoms with Crippen LogP contribution in [-0.2, 0) is 39.8 Å². The quantitative estimate of drug-likeness (QED) is 0.116. The van der Waals surface area contributed by atoms with E-state index in [1.54, 1.807) is 44.9 Å². The third-order valence-corrected chi connectivity index (χ3v) is 10.3. The second-order valence-corrected chi connectivity index (χ2v) is 15.0. The lowest BCUT2D eigenvalue weighted by molar-refractivity contribution is -0.148. The molecule has 2 rings (SSSR count). The van der Waals surface area contributed by atoms with E-state index in [2.05, 4.69) is 10.6 Å². The van der Waals surface area contributed by atoms with Gasteiger partial charge in [-0.25, -0.2) is 0 Å². The summed E-state index contributed by atoms with van der Waals surface area (Å²) in [5.41, 5.74) is 5.77. The van der Waals surface area contributed by atoms with Gasteiger partial charge in [-0.3, -0.25) is 24.5 Å². The summed E-state index contributed by atoms with van der Waals surface area (Å²) in [6.07, 6.45) is 0.163. The van der Waals surface area contributed by atoms with Gasteiger partial charge >= 0.3 is 5.97 Å². The number of hydrogen-bond donors (Lipinski definition) is 4. The van der Waals surface area contributed by atoms with Crippen LogP contribution in [0.5, 0.6) is 0 Å². The summed E-state index contributed by atoms with van der Waals surface area (Å²) >= 11 is 0. The van der Waals surface area contributed by atoms with E-state index in [1.807, 2.05) is 65.0 Å². The summed E-state index contributed by atoms with van der Waals surface area (Å²) in [5.74, 6) is -2.11. The third kappa shape index (κ3) is 12.0. The zero-order chi connectivity index (χ0) is 38.6. The molecular formula is C38H65N5O8. The molecule has 0 spiro atoms. The van der Waals surface area contributed by atoms with Gasteiger partial charge in [0.15, 0.2) is 0 Å². The van der Waals surface area contributed by atoms with E-state index in [-0.39, 0.29) is 36.1 Å². The monoisotopic (exact) mass is 719 g/mol. The second-order valence-electron chi connectivity index (χ2n) is 15.0. The van der Waals surface area contributed by atoms with Crippen LogP contribution in [0.3, 0.4) is 0 Å². The Balaban J connectivity index is 2.27. The Morgan fingerprint density at radius 2 is 1.69 bits per heavy atom. The molecule has 1 fully saturated rings. The van der Waals surface area contributed by atoms with Crippen molar-refractivity contribution in [1.82, 2.24) is 20.4 Å². The Hall–Kier alpha value is -3.10. The number of benzene rings is 1. The van der Waals surface area contributed by atoms with Gasteiger partial charge in [-0.05, 0) is 50.5 Å². The first-order valence-electron chi connectivity index (χ1n) is 18.2. The van der Waals surface area contributed by atoms with Gasteiger partial charge in [0.05, 0.1) is 43.4 Å². The highest BCUT2D eigenvalue weighted by atomic mass is 16.5. The molecule has 290 valence electrons. The zero-order valence-corrected chi connectivity index (χ0v) is 32.7. The molecule has 13 heteroatoms. The fourth-order valence-electron chi connectivity index (χ4n) is 6.98. The number of methoxy groups -OCH3 is 3. The van der Waals surface area contributed by atoms with Crippen LogP contribution >= 0.6 is 0 Å². The Morgan fingerprint density at radius 3 is 2.20 bits per heavy atom. The number of esters is 1. The molecule has 0 aromatic heterocycles. The van der Waals surface area contributed by atoms with Gasteiger partial charge in [0.1, 0.15) is 18.3 Å². The van der Waals surface area contributed by atoms with Crippen LogP contribution in [0.4, 0.5) is 0 Å². The number of nitrogens with one attached hydrogen (secondary N) is 2. The number of nitrogens with zero attached hydrogens (tertiary/aromatic N) is 2. The van der Waals surface area contributed by atoms with Crippen LogP contribution < -0.4 is 16.4 Å². The number of hydrogen-bond acceptors (Lipinski definition) is 10. The second kappa shape index (κ2) is 20.2. The van der Waals surface area contributed by atoms with E-state index >= 15 is 0 Å². The molecule has 5 N–H and O–H groups in total. The van der Waals surface area contributed by atoms with Crippen molar-refractivity contribution >= 4 is 23.7 Å². The minimum atomic E-state index is -1.16. The SMILES string of the molecule is CC[C@H](C)[C@@H]([C@@H](CC(=O)N1CCC[C@H]1[C@H](OC)[C@@H](C)C(O)N[C@@H](Cc1ccccc1)C(=O)OC)OC)N(C)C(=O)[C@@H](NC(=O)C(C)(C)N)C(C)C. The van der Waals surface area contributed by atoms with Crippen LogP contribution in [0.1, 0.15) is 79.7 Å². The standard InChI is InChI=1S/C38H65N5O8/c1-12-24(4)32(42(8)35(46)31(23(2)3)41-37(48)38(6,7)39)29(49-9)22-30(44)43-20-16-19-28(43)33(50-10)25(5)34(45)40-27(36(47)51-11)21-26-17-14-13-15-18-26/h13-15,17-18,23-25,27-29,31-34,40,45H,12,16,19-22,39H2,1-11H3,(H,41,48)/t24-,25+,27-,28-,29+,31-,32-,33+,34?/m0/s1. The van der Waals surface area contributed by atoms with Crippen molar-refractivity contribution in [2.24, 2.45) is 23.5 Å². The predicted octanol–water partition coefficient (Wildman–Crippen LogP) is 2.48. The van der Waals surface area contributed by atoms with Crippen LogP contribution in [0, 0.1) is 17.8 Å². The lowest BCUT2D eigenvalue weighted by Gasteiger charge is -2.41. The number of carbonyl (C=O) groups is 4. The van der Waals surface area contributed by atoms with Crippen molar-refractivity contribution in [1.29, 1.82) is 0 Å². The molecule has 1 aromatic rings. The molecule has 1 aliphatic heterocycles. The summed E-state index contributed by atoms with van der Waals surface area (Å²) in [6.45, 7) is 13.3. The molecule has 0 radical (unpaired) electrons. The van der Waals surface area contributed by atoms with Gasteiger partial charge in [-0.1, -0.05) is 71.4 Å². The number of carbonyl (C=O) groups excluding carboxylic acids is 4. The first-order valence-corrected chi connectivity index (χ1v) is 18.2. The highest BCUT2D eigenvalue weighted by molar-refractivity contribution is 5.91. The average Bonchev–Trinajstić information content (AvgIpc) is 3.58. The first kappa shape index (κ1) is 44.1. The Bertz CT molecular complexity index is 1260. The maximum atomic E-state index is 14.1. The van der Waals surface area contributed by atoms with Crippen molar-refractivity contribution in [3.8, 4) is 0 Å².